The topological polar surface area (TPSA) is 58.5 Å². The van der Waals surface area contributed by atoms with Crippen LogP contribution in [0, 0.1) is 5.92 Å². The molecular formula is C19H30N4O. The molecule has 3 rings (SSSR count). The summed E-state index contributed by atoms with van der Waals surface area (Å²) in [6.07, 6.45) is 8.09. The van der Waals surface area contributed by atoms with Gasteiger partial charge in [0, 0.05) is 31.4 Å². The maximum Gasteiger partial charge on any atom is 0.191 e. The lowest BCUT2D eigenvalue weighted by Crippen LogP contribution is -2.47. The molecule has 0 aliphatic carbocycles. The summed E-state index contributed by atoms with van der Waals surface area (Å²) in [4.78, 5) is 9.13. The fourth-order valence-electron chi connectivity index (χ4n) is 3.77. The van der Waals surface area contributed by atoms with Crippen molar-refractivity contribution in [3.05, 3.63) is 30.1 Å². The maximum absolute atomic E-state index is 5.94. The number of nitrogens with zero attached hydrogens (tertiary/aromatic N) is 2. The lowest BCUT2D eigenvalue weighted by Gasteiger charge is -2.24. The van der Waals surface area contributed by atoms with Gasteiger partial charge in [-0.2, -0.15) is 0 Å². The normalized spacial score (nSPS) is 27.5. The van der Waals surface area contributed by atoms with E-state index in [2.05, 4.69) is 42.5 Å². The van der Waals surface area contributed by atoms with Crippen LogP contribution >= 0.6 is 0 Å². The van der Waals surface area contributed by atoms with Gasteiger partial charge in [-0.1, -0.05) is 19.9 Å². The Morgan fingerprint density at radius 3 is 2.88 bits per heavy atom. The van der Waals surface area contributed by atoms with Crippen molar-refractivity contribution in [1.82, 2.24) is 15.6 Å². The van der Waals surface area contributed by atoms with Crippen molar-refractivity contribution in [2.45, 2.75) is 64.2 Å². The van der Waals surface area contributed by atoms with Gasteiger partial charge in [0.25, 0.3) is 0 Å². The van der Waals surface area contributed by atoms with E-state index in [-0.39, 0.29) is 0 Å². The largest absolute Gasteiger partial charge is 0.373 e. The lowest BCUT2D eigenvalue weighted by molar-refractivity contribution is 0.0992. The van der Waals surface area contributed by atoms with E-state index in [9.17, 15) is 0 Å². The minimum absolute atomic E-state index is 0.359. The molecule has 0 spiro atoms. The zero-order chi connectivity index (χ0) is 16.9. The molecule has 132 valence electrons. The van der Waals surface area contributed by atoms with Crippen LogP contribution in [0.1, 0.15) is 51.5 Å². The van der Waals surface area contributed by atoms with Crippen molar-refractivity contribution in [1.29, 1.82) is 0 Å². The van der Waals surface area contributed by atoms with E-state index in [1.54, 1.807) is 0 Å². The molecule has 0 radical (unpaired) electrons. The molecule has 24 heavy (non-hydrogen) atoms. The van der Waals surface area contributed by atoms with Crippen molar-refractivity contribution in [2.75, 3.05) is 13.1 Å². The van der Waals surface area contributed by atoms with E-state index in [0.29, 0.717) is 30.1 Å². The zero-order valence-electron chi connectivity index (χ0n) is 15.0. The minimum atomic E-state index is 0.359. The van der Waals surface area contributed by atoms with E-state index >= 15 is 0 Å². The van der Waals surface area contributed by atoms with E-state index < -0.39 is 0 Å². The highest BCUT2D eigenvalue weighted by Crippen LogP contribution is 2.34. The second-order valence-electron chi connectivity index (χ2n) is 7.22. The van der Waals surface area contributed by atoms with Crippen LogP contribution in [-0.4, -0.2) is 42.3 Å². The van der Waals surface area contributed by atoms with E-state index in [0.717, 1.165) is 25.5 Å². The molecule has 2 bridgehead atoms. The number of hydrogen-bond donors (Lipinski definition) is 2. The molecular weight excluding hydrogens is 300 g/mol. The Kier molecular flexibility index (Phi) is 5.72. The van der Waals surface area contributed by atoms with Crippen LogP contribution in [0.3, 0.4) is 0 Å². The molecule has 0 saturated carbocycles. The predicted molar refractivity (Wildman–Crippen MR) is 97.2 cm³/mol. The number of aromatic nitrogens is 1. The molecule has 1 aromatic rings. The van der Waals surface area contributed by atoms with E-state index in [4.69, 9.17) is 9.73 Å². The third-order valence-electron chi connectivity index (χ3n) is 5.14. The minimum Gasteiger partial charge on any atom is -0.373 e. The quantitative estimate of drug-likeness (QED) is 0.622. The Morgan fingerprint density at radius 1 is 1.42 bits per heavy atom. The van der Waals surface area contributed by atoms with Gasteiger partial charge >= 0.3 is 0 Å². The van der Waals surface area contributed by atoms with Crippen molar-refractivity contribution in [3.63, 3.8) is 0 Å². The Labute approximate surface area is 145 Å². The fraction of sp³-hybridized carbons (Fsp3) is 0.684. The summed E-state index contributed by atoms with van der Waals surface area (Å²) in [5.74, 6) is 1.81. The van der Waals surface area contributed by atoms with Crippen LogP contribution in [-0.2, 0) is 4.74 Å². The summed E-state index contributed by atoms with van der Waals surface area (Å²) in [5.41, 5.74) is 1.26. The molecule has 2 saturated heterocycles. The number of rotatable bonds is 6. The summed E-state index contributed by atoms with van der Waals surface area (Å²) in [5, 5.41) is 6.97. The van der Waals surface area contributed by atoms with E-state index in [1.165, 1.54) is 18.4 Å². The maximum atomic E-state index is 5.94. The molecule has 2 aliphatic heterocycles. The van der Waals surface area contributed by atoms with Gasteiger partial charge in [0.1, 0.15) is 0 Å². The first-order valence-corrected chi connectivity index (χ1v) is 9.27. The van der Waals surface area contributed by atoms with Crippen LogP contribution in [0.5, 0.6) is 0 Å². The predicted octanol–water partition coefficient (Wildman–Crippen LogP) is 2.70. The van der Waals surface area contributed by atoms with Crippen LogP contribution in [0.4, 0.5) is 0 Å². The summed E-state index contributed by atoms with van der Waals surface area (Å²) >= 11 is 0. The molecule has 2 N–H and O–H groups in total. The molecule has 4 atom stereocenters. The summed E-state index contributed by atoms with van der Waals surface area (Å²) < 4.78 is 5.94. The molecule has 0 aromatic carbocycles. The average molecular weight is 330 g/mol. The number of fused-ring (bicyclic) bond motifs is 2. The summed E-state index contributed by atoms with van der Waals surface area (Å²) in [6.45, 7) is 8.23. The van der Waals surface area contributed by atoms with Crippen molar-refractivity contribution in [2.24, 2.45) is 10.9 Å². The lowest BCUT2D eigenvalue weighted by atomic mass is 9.89. The van der Waals surface area contributed by atoms with Gasteiger partial charge < -0.3 is 15.4 Å². The van der Waals surface area contributed by atoms with Gasteiger partial charge in [-0.05, 0) is 43.7 Å². The fourth-order valence-corrected chi connectivity index (χ4v) is 3.77. The first kappa shape index (κ1) is 17.2. The standard InChI is InChI=1S/C19H30N4O/c1-4-21-19(23-17-10-15-7-8-18(17)24-15)22-12-16(13(2)3)14-6-5-9-20-11-14/h5-6,9,11,13,15-18H,4,7-8,10,12H2,1-3H3,(H2,21,22,23). The van der Waals surface area contributed by atoms with Gasteiger partial charge in [0.05, 0.1) is 18.2 Å². The second kappa shape index (κ2) is 7.97. The van der Waals surface area contributed by atoms with Gasteiger partial charge in [0.15, 0.2) is 5.96 Å². The smallest absolute Gasteiger partial charge is 0.191 e. The van der Waals surface area contributed by atoms with Gasteiger partial charge in [-0.25, -0.2) is 0 Å². The molecule has 5 nitrogen and oxygen atoms in total. The molecule has 2 fully saturated rings. The van der Waals surface area contributed by atoms with E-state index in [1.807, 2.05) is 18.5 Å². The van der Waals surface area contributed by atoms with Gasteiger partial charge in [0.2, 0.25) is 0 Å². The molecule has 0 amide bonds. The van der Waals surface area contributed by atoms with Crippen LogP contribution in [0.25, 0.3) is 0 Å². The Balaban J connectivity index is 1.65. The third-order valence-corrected chi connectivity index (χ3v) is 5.14. The molecule has 5 heteroatoms. The first-order valence-electron chi connectivity index (χ1n) is 9.27. The molecule has 2 aliphatic rings. The Morgan fingerprint density at radius 2 is 2.29 bits per heavy atom. The highest BCUT2D eigenvalue weighted by atomic mass is 16.5. The zero-order valence-corrected chi connectivity index (χ0v) is 15.0. The van der Waals surface area contributed by atoms with Crippen LogP contribution in [0.15, 0.2) is 29.5 Å². The number of aliphatic imine (C=N–C) groups is 1. The molecule has 3 heterocycles. The second-order valence-corrected chi connectivity index (χ2v) is 7.22. The molecule has 1 aromatic heterocycles. The average Bonchev–Trinajstić information content (AvgIpc) is 3.18. The van der Waals surface area contributed by atoms with Gasteiger partial charge in [-0.15, -0.1) is 0 Å². The van der Waals surface area contributed by atoms with Crippen LogP contribution < -0.4 is 10.6 Å². The number of nitrogens with one attached hydrogen (secondary N) is 2. The summed E-state index contributed by atoms with van der Waals surface area (Å²) in [6, 6.07) is 4.55. The highest BCUT2D eigenvalue weighted by Gasteiger charge is 2.41. The van der Waals surface area contributed by atoms with Crippen molar-refractivity contribution in [3.8, 4) is 0 Å². The summed E-state index contributed by atoms with van der Waals surface area (Å²) in [7, 11) is 0. The van der Waals surface area contributed by atoms with Crippen molar-refractivity contribution >= 4 is 5.96 Å². The first-order chi connectivity index (χ1) is 11.7. The highest BCUT2D eigenvalue weighted by molar-refractivity contribution is 5.80. The SMILES string of the molecule is CCNC(=NCC(c1cccnc1)C(C)C)NC1CC2CCC1O2. The third kappa shape index (κ3) is 4.07. The van der Waals surface area contributed by atoms with Crippen LogP contribution in [0.2, 0.25) is 0 Å². The number of pyridine rings is 1. The monoisotopic (exact) mass is 330 g/mol. The number of guanidine groups is 1. The Hall–Kier alpha value is -1.62. The number of ether oxygens (including phenoxy) is 1. The van der Waals surface area contributed by atoms with Gasteiger partial charge in [-0.3, -0.25) is 9.98 Å². The van der Waals surface area contributed by atoms with Crippen molar-refractivity contribution < 1.29 is 4.74 Å². The molecule has 4 unspecified atom stereocenters. The Bertz CT molecular complexity index is 546. The number of hydrogen-bond acceptors (Lipinski definition) is 3.